The molecule has 4 aliphatic carbocycles. The summed E-state index contributed by atoms with van der Waals surface area (Å²) in [7, 11) is 0. The lowest BCUT2D eigenvalue weighted by molar-refractivity contribution is -0.334. The molecule has 14 heteroatoms. The van der Waals surface area contributed by atoms with Crippen LogP contribution in [0.3, 0.4) is 0 Å². The molecule has 7 unspecified atom stereocenters. The van der Waals surface area contributed by atoms with Crippen molar-refractivity contribution in [2.24, 2.45) is 40.4 Å². The monoisotopic (exact) mass is 827 g/mol. The summed E-state index contributed by atoms with van der Waals surface area (Å²) < 4.78 is 49.9. The first-order valence-corrected chi connectivity index (χ1v) is 22.7. The third-order valence-corrected chi connectivity index (χ3v) is 17.0. The van der Waals surface area contributed by atoms with Crippen molar-refractivity contribution < 1.29 is 68.5 Å². The van der Waals surface area contributed by atoms with Gasteiger partial charge in [-0.05, 0) is 127 Å². The highest BCUT2D eigenvalue weighted by atomic mass is 16.8. The van der Waals surface area contributed by atoms with E-state index in [1.54, 1.807) is 0 Å². The van der Waals surface area contributed by atoms with E-state index >= 15 is 0 Å². The van der Waals surface area contributed by atoms with Gasteiger partial charge in [0.25, 0.3) is 0 Å². The maximum Gasteiger partial charge on any atom is 0.163 e. The van der Waals surface area contributed by atoms with Crippen LogP contribution in [0.2, 0.25) is 0 Å². The Kier molecular flexibility index (Phi) is 12.6. The average molecular weight is 827 g/mol. The summed E-state index contributed by atoms with van der Waals surface area (Å²) in [5, 5.41) is 67.0. The van der Waals surface area contributed by atoms with Crippen molar-refractivity contribution in [1.82, 2.24) is 0 Å². The summed E-state index contributed by atoms with van der Waals surface area (Å²) >= 11 is 0. The van der Waals surface area contributed by atoms with Crippen LogP contribution >= 0.6 is 0 Å². The van der Waals surface area contributed by atoms with E-state index < -0.39 is 78.4 Å². The van der Waals surface area contributed by atoms with Crippen LogP contribution in [0.15, 0.2) is 0 Å². The second-order valence-electron chi connectivity index (χ2n) is 20.6. The Balaban J connectivity index is 0.824. The van der Waals surface area contributed by atoms with E-state index in [0.717, 1.165) is 38.5 Å². The van der Waals surface area contributed by atoms with Crippen molar-refractivity contribution in [3.8, 4) is 0 Å². The predicted molar refractivity (Wildman–Crippen MR) is 208 cm³/mol. The van der Waals surface area contributed by atoms with Gasteiger partial charge in [0.2, 0.25) is 0 Å². The molecule has 0 aromatic heterocycles. The van der Waals surface area contributed by atoms with E-state index in [9.17, 15) is 30.6 Å². The molecule has 4 aliphatic heterocycles. The van der Waals surface area contributed by atoms with Gasteiger partial charge in [0.15, 0.2) is 24.7 Å². The molecule has 8 rings (SSSR count). The molecule has 58 heavy (non-hydrogen) atoms. The molecule has 4 saturated heterocycles. The first-order valence-electron chi connectivity index (χ1n) is 22.7. The van der Waals surface area contributed by atoms with Gasteiger partial charge in [0.1, 0.15) is 18.3 Å². The number of hydrogen-bond donors (Lipinski definition) is 6. The number of hydrogen-bond acceptors (Lipinski definition) is 14. The third kappa shape index (κ3) is 7.66. The highest BCUT2D eigenvalue weighted by Gasteiger charge is 2.71. The summed E-state index contributed by atoms with van der Waals surface area (Å²) in [5.41, 5.74) is -1.78. The zero-order chi connectivity index (χ0) is 41.5. The van der Waals surface area contributed by atoms with Gasteiger partial charge in [-0.25, -0.2) is 0 Å². The lowest BCUT2D eigenvalue weighted by Gasteiger charge is -2.65. The SMILES string of the molecule is CC1O[C@H](OC2C(C)O[C@@H](O[C@H]3CC[C@@]4(C)[C@H](CC[C@@H]5[C@@H]4C[C@@H](O)[C@]4(C)[C@@H](C(CO)CCO)CC[C@]54O)C3)C[C@H]2O)C[C@@H](O)C1O[C@H]1C[C@H]2OC(C)(C)OC2C(C)O1. The first-order chi connectivity index (χ1) is 27.4. The fourth-order valence-corrected chi connectivity index (χ4v) is 13.9. The Morgan fingerprint density at radius 1 is 0.672 bits per heavy atom. The molecule has 22 atom stereocenters. The molecule has 0 radical (unpaired) electrons. The zero-order valence-electron chi connectivity index (χ0n) is 35.8. The van der Waals surface area contributed by atoms with Crippen molar-refractivity contribution in [1.29, 1.82) is 0 Å². The molecule has 0 aromatic rings. The van der Waals surface area contributed by atoms with Gasteiger partial charge in [0.05, 0.1) is 54.4 Å². The van der Waals surface area contributed by atoms with Crippen LogP contribution in [-0.2, 0) is 37.9 Å². The highest BCUT2D eigenvalue weighted by Crippen LogP contribution is 2.70. The molecule has 334 valence electrons. The molecule has 6 N–H and O–H groups in total. The molecular formula is C44H74O14. The van der Waals surface area contributed by atoms with Crippen LogP contribution in [0.1, 0.15) is 126 Å². The van der Waals surface area contributed by atoms with Gasteiger partial charge < -0.3 is 68.5 Å². The second-order valence-corrected chi connectivity index (χ2v) is 20.6. The summed E-state index contributed by atoms with van der Waals surface area (Å²) in [5.74, 6) is -0.233. The van der Waals surface area contributed by atoms with Crippen LogP contribution in [-0.4, -0.2) is 141 Å². The van der Waals surface area contributed by atoms with Crippen LogP contribution < -0.4 is 0 Å². The van der Waals surface area contributed by atoms with Crippen molar-refractivity contribution in [2.75, 3.05) is 13.2 Å². The van der Waals surface area contributed by atoms with Crippen LogP contribution in [0, 0.1) is 40.4 Å². The lowest BCUT2D eigenvalue weighted by atomic mass is 9.42. The van der Waals surface area contributed by atoms with Crippen LogP contribution in [0.5, 0.6) is 0 Å². The van der Waals surface area contributed by atoms with Gasteiger partial charge in [-0.15, -0.1) is 0 Å². The molecule has 14 nitrogen and oxygen atoms in total. The minimum atomic E-state index is -1.01. The number of ether oxygens (including phenoxy) is 8. The number of rotatable bonds is 10. The largest absolute Gasteiger partial charge is 0.396 e. The van der Waals surface area contributed by atoms with Crippen molar-refractivity contribution >= 4 is 0 Å². The topological polar surface area (TPSA) is 195 Å². The Morgan fingerprint density at radius 3 is 1.91 bits per heavy atom. The molecule has 0 bridgehead atoms. The minimum absolute atomic E-state index is 0.0132. The van der Waals surface area contributed by atoms with Crippen molar-refractivity contribution in [2.45, 2.75) is 223 Å². The molecular weight excluding hydrogens is 752 g/mol. The fourth-order valence-electron chi connectivity index (χ4n) is 13.9. The smallest absolute Gasteiger partial charge is 0.163 e. The summed E-state index contributed by atoms with van der Waals surface area (Å²) in [6, 6.07) is 0. The van der Waals surface area contributed by atoms with Gasteiger partial charge >= 0.3 is 0 Å². The molecule has 0 aromatic carbocycles. The molecule has 8 fully saturated rings. The van der Waals surface area contributed by atoms with E-state index in [4.69, 9.17) is 37.9 Å². The summed E-state index contributed by atoms with van der Waals surface area (Å²) in [6.45, 7) is 13.8. The first kappa shape index (κ1) is 44.1. The fraction of sp³-hybridized carbons (Fsp3) is 1.00. The van der Waals surface area contributed by atoms with Gasteiger partial charge in [-0.1, -0.05) is 13.8 Å². The van der Waals surface area contributed by atoms with Crippen molar-refractivity contribution in [3.05, 3.63) is 0 Å². The Hall–Kier alpha value is -0.560. The number of fused-ring (bicyclic) bond motifs is 6. The summed E-state index contributed by atoms with van der Waals surface area (Å²) in [6.07, 6.45) is 0.613. The summed E-state index contributed by atoms with van der Waals surface area (Å²) in [4.78, 5) is 0. The predicted octanol–water partition coefficient (Wildman–Crippen LogP) is 3.52. The van der Waals surface area contributed by atoms with E-state index in [1.165, 1.54) is 0 Å². The second kappa shape index (κ2) is 16.5. The van der Waals surface area contributed by atoms with Crippen LogP contribution in [0.25, 0.3) is 0 Å². The maximum atomic E-state index is 12.6. The van der Waals surface area contributed by atoms with E-state index in [2.05, 4.69) is 6.92 Å². The molecule has 0 spiro atoms. The zero-order valence-corrected chi connectivity index (χ0v) is 35.8. The highest BCUT2D eigenvalue weighted by molar-refractivity contribution is 5.20. The van der Waals surface area contributed by atoms with Crippen LogP contribution in [0.4, 0.5) is 0 Å². The lowest BCUT2D eigenvalue weighted by Crippen LogP contribution is -2.67. The van der Waals surface area contributed by atoms with E-state index in [-0.39, 0.29) is 79.6 Å². The normalized spacial score (nSPS) is 54.6. The van der Waals surface area contributed by atoms with Crippen molar-refractivity contribution in [3.63, 3.8) is 0 Å². The molecule has 8 aliphatic rings. The maximum absolute atomic E-state index is 12.6. The molecule has 4 saturated carbocycles. The van der Waals surface area contributed by atoms with E-state index in [0.29, 0.717) is 31.6 Å². The quantitative estimate of drug-likeness (QED) is 0.175. The van der Waals surface area contributed by atoms with Gasteiger partial charge in [0, 0.05) is 37.9 Å². The standard InChI is InChI=1S/C44H74O14/c1-22-38(55-36-19-32(48)39(23(2)52-36)56-37-20-33-40(24(3)53-37)58-41(4,5)57-33)31(47)18-35(51-22)54-27-10-13-42(6)26(16-27)8-9-29-30(42)17-34(49)43(7)28(11-14-44(29,43)50)25(21-46)12-15-45/h22-40,45-50H,8-21H2,1-7H3/t22?,23?,24?,25?,26-,27+,28-,29-,30+,31-,32-,33-,34-,35+,36-,37+,38?,39?,40?,42+,43+,44+/m1/s1. The van der Waals surface area contributed by atoms with Gasteiger partial charge in [-0.2, -0.15) is 0 Å². The van der Waals surface area contributed by atoms with Gasteiger partial charge in [-0.3, -0.25) is 0 Å². The number of aliphatic hydroxyl groups excluding tert-OH is 5. The Morgan fingerprint density at radius 2 is 1.29 bits per heavy atom. The average Bonchev–Trinajstić information content (AvgIpc) is 3.63. The minimum Gasteiger partial charge on any atom is -0.396 e. The van der Waals surface area contributed by atoms with E-state index in [1.807, 2.05) is 41.5 Å². The molecule has 4 heterocycles. The third-order valence-electron chi connectivity index (χ3n) is 17.0. The Bertz CT molecular complexity index is 1400. The Labute approximate surface area is 344 Å². The number of aliphatic hydroxyl groups is 6. The molecule has 0 amide bonds.